The predicted octanol–water partition coefficient (Wildman–Crippen LogP) is 1.95. The summed E-state index contributed by atoms with van der Waals surface area (Å²) in [6, 6.07) is 9.77. The number of carbonyl (C=O) groups excluding carboxylic acids is 1. The molecule has 3 N–H and O–H groups in total. The topological polar surface area (TPSA) is 64.3 Å². The highest BCUT2D eigenvalue weighted by atomic mass is 16.5. The molecule has 0 heterocycles. The molecular weight excluding hydrogens is 252 g/mol. The third kappa shape index (κ3) is 4.85. The zero-order chi connectivity index (χ0) is 14.4. The van der Waals surface area contributed by atoms with Gasteiger partial charge in [-0.3, -0.25) is 4.79 Å². The monoisotopic (exact) mass is 276 g/mol. The number of rotatable bonds is 8. The fourth-order valence-electron chi connectivity index (χ4n) is 2.09. The zero-order valence-corrected chi connectivity index (χ0v) is 12.0. The van der Waals surface area contributed by atoms with E-state index in [4.69, 9.17) is 10.5 Å². The van der Waals surface area contributed by atoms with Crippen LogP contribution in [0.25, 0.3) is 0 Å². The Morgan fingerprint density at radius 3 is 2.75 bits per heavy atom. The molecule has 0 aromatic heterocycles. The van der Waals surface area contributed by atoms with Gasteiger partial charge in [-0.1, -0.05) is 25.1 Å². The molecule has 1 amide bonds. The minimum atomic E-state index is -0.0508. The summed E-state index contributed by atoms with van der Waals surface area (Å²) < 4.78 is 5.60. The first-order valence-electron chi connectivity index (χ1n) is 7.38. The maximum Gasteiger partial charge on any atom is 0.223 e. The van der Waals surface area contributed by atoms with Gasteiger partial charge in [0.25, 0.3) is 0 Å². The van der Waals surface area contributed by atoms with E-state index in [0.29, 0.717) is 25.5 Å². The first kappa shape index (κ1) is 14.9. The molecule has 1 aromatic rings. The normalized spacial score (nSPS) is 17.3. The molecule has 1 aliphatic carbocycles. The third-order valence-corrected chi connectivity index (χ3v) is 3.75. The minimum Gasteiger partial charge on any atom is -0.494 e. The van der Waals surface area contributed by atoms with Crippen LogP contribution >= 0.6 is 0 Å². The standard InChI is InChI=1S/C16H24N2O2/c1-12(9-10-20-14-5-3-2-4-6-14)16(19)18-11-15(17)13-7-8-13/h2-6,12-13,15H,7-11,17H2,1H3,(H,18,19). The van der Waals surface area contributed by atoms with Gasteiger partial charge >= 0.3 is 0 Å². The van der Waals surface area contributed by atoms with Gasteiger partial charge in [0.15, 0.2) is 0 Å². The summed E-state index contributed by atoms with van der Waals surface area (Å²) in [5, 5.41) is 2.93. The number of hydrogen-bond donors (Lipinski definition) is 2. The van der Waals surface area contributed by atoms with Crippen molar-refractivity contribution in [2.45, 2.75) is 32.2 Å². The number of ether oxygens (including phenoxy) is 1. The SMILES string of the molecule is CC(CCOc1ccccc1)C(=O)NCC(N)C1CC1. The second-order valence-electron chi connectivity index (χ2n) is 5.60. The summed E-state index contributed by atoms with van der Waals surface area (Å²) in [5.74, 6) is 1.48. The largest absolute Gasteiger partial charge is 0.494 e. The summed E-state index contributed by atoms with van der Waals surface area (Å²) in [6.07, 6.45) is 3.12. The Kier molecular flexibility index (Phi) is 5.41. The molecule has 1 aliphatic rings. The van der Waals surface area contributed by atoms with Crippen molar-refractivity contribution in [1.82, 2.24) is 5.32 Å². The van der Waals surface area contributed by atoms with Crippen LogP contribution < -0.4 is 15.8 Å². The lowest BCUT2D eigenvalue weighted by Crippen LogP contribution is -2.40. The molecule has 110 valence electrons. The Balaban J connectivity index is 1.60. The van der Waals surface area contributed by atoms with E-state index < -0.39 is 0 Å². The molecule has 2 unspecified atom stereocenters. The second kappa shape index (κ2) is 7.29. The van der Waals surface area contributed by atoms with E-state index in [1.807, 2.05) is 37.3 Å². The van der Waals surface area contributed by atoms with E-state index >= 15 is 0 Å². The molecule has 0 saturated heterocycles. The molecule has 0 bridgehead atoms. The van der Waals surface area contributed by atoms with Crippen LogP contribution in [0.4, 0.5) is 0 Å². The van der Waals surface area contributed by atoms with Crippen LogP contribution in [0.5, 0.6) is 5.75 Å². The average molecular weight is 276 g/mol. The molecule has 2 atom stereocenters. The van der Waals surface area contributed by atoms with Gasteiger partial charge in [-0.05, 0) is 37.3 Å². The van der Waals surface area contributed by atoms with E-state index in [-0.39, 0.29) is 17.9 Å². The summed E-state index contributed by atoms with van der Waals surface area (Å²) in [5.41, 5.74) is 5.96. The van der Waals surface area contributed by atoms with E-state index in [1.165, 1.54) is 12.8 Å². The van der Waals surface area contributed by atoms with E-state index in [2.05, 4.69) is 5.32 Å². The smallest absolute Gasteiger partial charge is 0.223 e. The molecule has 20 heavy (non-hydrogen) atoms. The highest BCUT2D eigenvalue weighted by Crippen LogP contribution is 2.31. The van der Waals surface area contributed by atoms with Gasteiger partial charge in [0, 0.05) is 18.5 Å². The average Bonchev–Trinajstić information content (AvgIpc) is 3.30. The van der Waals surface area contributed by atoms with Crippen molar-refractivity contribution < 1.29 is 9.53 Å². The number of nitrogens with one attached hydrogen (secondary N) is 1. The van der Waals surface area contributed by atoms with Crippen LogP contribution in [0.3, 0.4) is 0 Å². The van der Waals surface area contributed by atoms with E-state index in [9.17, 15) is 4.79 Å². The van der Waals surface area contributed by atoms with Crippen LogP contribution in [-0.4, -0.2) is 25.1 Å². The molecule has 4 heteroatoms. The fraction of sp³-hybridized carbons (Fsp3) is 0.562. The van der Waals surface area contributed by atoms with Crippen molar-refractivity contribution in [2.24, 2.45) is 17.6 Å². The third-order valence-electron chi connectivity index (χ3n) is 3.75. The maximum absolute atomic E-state index is 11.9. The summed E-state index contributed by atoms with van der Waals surface area (Å²) in [4.78, 5) is 11.9. The predicted molar refractivity (Wildman–Crippen MR) is 79.4 cm³/mol. The van der Waals surface area contributed by atoms with Gasteiger partial charge in [0.05, 0.1) is 6.61 Å². The molecule has 1 saturated carbocycles. The molecule has 0 radical (unpaired) electrons. The quantitative estimate of drug-likeness (QED) is 0.762. The van der Waals surface area contributed by atoms with Gasteiger partial charge in [-0.15, -0.1) is 0 Å². The number of benzene rings is 1. The highest BCUT2D eigenvalue weighted by Gasteiger charge is 2.28. The molecule has 1 fully saturated rings. The van der Waals surface area contributed by atoms with Crippen LogP contribution in [0.2, 0.25) is 0 Å². The van der Waals surface area contributed by atoms with Crippen LogP contribution in [0.1, 0.15) is 26.2 Å². The van der Waals surface area contributed by atoms with Crippen LogP contribution in [0, 0.1) is 11.8 Å². The Bertz CT molecular complexity index is 418. The van der Waals surface area contributed by atoms with E-state index in [0.717, 1.165) is 5.75 Å². The maximum atomic E-state index is 11.9. The van der Waals surface area contributed by atoms with Crippen LogP contribution in [0.15, 0.2) is 30.3 Å². The van der Waals surface area contributed by atoms with Gasteiger partial charge in [-0.25, -0.2) is 0 Å². The van der Waals surface area contributed by atoms with Crippen molar-refractivity contribution in [2.75, 3.05) is 13.2 Å². The van der Waals surface area contributed by atoms with Gasteiger partial charge < -0.3 is 15.8 Å². The number of nitrogens with two attached hydrogens (primary N) is 1. The number of para-hydroxylation sites is 1. The molecule has 2 rings (SSSR count). The minimum absolute atomic E-state index is 0.0508. The van der Waals surface area contributed by atoms with E-state index in [1.54, 1.807) is 0 Å². The molecular formula is C16H24N2O2. The van der Waals surface area contributed by atoms with Crippen molar-refractivity contribution in [1.29, 1.82) is 0 Å². The lowest BCUT2D eigenvalue weighted by molar-refractivity contribution is -0.124. The molecule has 0 spiro atoms. The van der Waals surface area contributed by atoms with Gasteiger partial charge in [-0.2, -0.15) is 0 Å². The second-order valence-corrected chi connectivity index (χ2v) is 5.60. The van der Waals surface area contributed by atoms with Gasteiger partial charge in [0.2, 0.25) is 5.91 Å². The Morgan fingerprint density at radius 1 is 1.40 bits per heavy atom. The first-order valence-corrected chi connectivity index (χ1v) is 7.38. The van der Waals surface area contributed by atoms with Crippen molar-refractivity contribution in [3.63, 3.8) is 0 Å². The number of carbonyl (C=O) groups is 1. The van der Waals surface area contributed by atoms with Crippen molar-refractivity contribution in [3.05, 3.63) is 30.3 Å². The first-order chi connectivity index (χ1) is 9.66. The number of amides is 1. The fourth-order valence-corrected chi connectivity index (χ4v) is 2.09. The summed E-state index contributed by atoms with van der Waals surface area (Å²) in [6.45, 7) is 3.06. The van der Waals surface area contributed by atoms with Gasteiger partial charge in [0.1, 0.15) is 5.75 Å². The Labute approximate surface area is 120 Å². The van der Waals surface area contributed by atoms with Crippen molar-refractivity contribution >= 4 is 5.91 Å². The molecule has 4 nitrogen and oxygen atoms in total. The summed E-state index contributed by atoms with van der Waals surface area (Å²) in [7, 11) is 0. The van der Waals surface area contributed by atoms with Crippen molar-refractivity contribution in [3.8, 4) is 5.75 Å². The Morgan fingerprint density at radius 2 is 2.10 bits per heavy atom. The highest BCUT2D eigenvalue weighted by molar-refractivity contribution is 5.78. The molecule has 1 aromatic carbocycles. The zero-order valence-electron chi connectivity index (χ0n) is 12.0. The number of hydrogen-bond acceptors (Lipinski definition) is 3. The molecule has 0 aliphatic heterocycles. The summed E-state index contributed by atoms with van der Waals surface area (Å²) >= 11 is 0. The van der Waals surface area contributed by atoms with Crippen LogP contribution in [-0.2, 0) is 4.79 Å². The lowest BCUT2D eigenvalue weighted by Gasteiger charge is -2.15. The lowest BCUT2D eigenvalue weighted by atomic mass is 10.1. The Hall–Kier alpha value is -1.55.